The largest absolute Gasteiger partial charge is 0.378 e. The minimum absolute atomic E-state index is 0.169. The molecule has 27 heavy (non-hydrogen) atoms. The molecule has 2 aromatic heterocycles. The summed E-state index contributed by atoms with van der Waals surface area (Å²) in [4.78, 5) is 24.9. The summed E-state index contributed by atoms with van der Waals surface area (Å²) in [6.45, 7) is -0.180. The van der Waals surface area contributed by atoms with E-state index in [4.69, 9.17) is 11.6 Å². The molecule has 0 saturated carbocycles. The van der Waals surface area contributed by atoms with Gasteiger partial charge >= 0.3 is 11.8 Å². The highest BCUT2D eigenvalue weighted by atomic mass is 35.5. The van der Waals surface area contributed by atoms with Crippen LogP contribution in [0.3, 0.4) is 0 Å². The number of hydrogen-bond donors (Lipinski definition) is 3. The maximum absolute atomic E-state index is 13.2. The van der Waals surface area contributed by atoms with Crippen LogP contribution in [0.1, 0.15) is 10.4 Å². The van der Waals surface area contributed by atoms with E-state index in [-0.39, 0.29) is 17.3 Å². The predicted octanol–water partition coefficient (Wildman–Crippen LogP) is 3.59. The van der Waals surface area contributed by atoms with E-state index in [1.54, 1.807) is 23.6 Å². The average Bonchev–Trinajstić information content (AvgIpc) is 3.36. The van der Waals surface area contributed by atoms with E-state index in [1.807, 2.05) is 10.8 Å². The molecule has 140 valence electrons. The molecule has 9 heteroatoms. The Hall–Kier alpha value is -2.26. The lowest BCUT2D eigenvalue weighted by molar-refractivity contribution is -0.136. The summed E-state index contributed by atoms with van der Waals surface area (Å²) in [5.41, 5.74) is -0.627. The van der Waals surface area contributed by atoms with Gasteiger partial charge in [-0.1, -0.05) is 17.7 Å². The molecule has 1 unspecified atom stereocenters. The van der Waals surface area contributed by atoms with Gasteiger partial charge in [-0.2, -0.15) is 11.3 Å². The molecule has 0 spiro atoms. The van der Waals surface area contributed by atoms with Gasteiger partial charge in [0, 0.05) is 16.1 Å². The van der Waals surface area contributed by atoms with Crippen LogP contribution in [0.4, 0.5) is 10.1 Å². The summed E-state index contributed by atoms with van der Waals surface area (Å²) in [5, 5.41) is 21.2. The third-order valence-electron chi connectivity index (χ3n) is 3.82. The first-order chi connectivity index (χ1) is 12.9. The molecule has 2 heterocycles. The van der Waals surface area contributed by atoms with E-state index in [2.05, 4.69) is 10.6 Å². The van der Waals surface area contributed by atoms with Gasteiger partial charge in [-0.05, 0) is 46.5 Å². The molecule has 2 amide bonds. The molecule has 0 aliphatic heterocycles. The number of rotatable bonds is 5. The highest BCUT2D eigenvalue weighted by molar-refractivity contribution is 7.10. The van der Waals surface area contributed by atoms with Gasteiger partial charge in [0.1, 0.15) is 11.4 Å². The number of hydrogen-bond acceptors (Lipinski definition) is 5. The van der Waals surface area contributed by atoms with E-state index < -0.39 is 23.2 Å². The Morgan fingerprint density at radius 2 is 2.00 bits per heavy atom. The molecular weight excluding hydrogens is 411 g/mol. The Kier molecular flexibility index (Phi) is 5.91. The summed E-state index contributed by atoms with van der Waals surface area (Å²) >= 11 is 8.42. The van der Waals surface area contributed by atoms with Crippen LogP contribution in [-0.4, -0.2) is 23.5 Å². The van der Waals surface area contributed by atoms with Gasteiger partial charge in [0.25, 0.3) is 0 Å². The molecular formula is C18H14ClFN2O3S2. The van der Waals surface area contributed by atoms with Crippen LogP contribution in [0.2, 0.25) is 5.02 Å². The van der Waals surface area contributed by atoms with E-state index in [0.717, 1.165) is 6.07 Å². The summed E-state index contributed by atoms with van der Waals surface area (Å²) in [6, 6.07) is 8.90. The second-order valence-corrected chi connectivity index (χ2v) is 7.75. The Balaban J connectivity index is 1.69. The minimum Gasteiger partial charge on any atom is -0.378 e. The van der Waals surface area contributed by atoms with Crippen LogP contribution >= 0.6 is 34.3 Å². The van der Waals surface area contributed by atoms with Crippen LogP contribution in [0.5, 0.6) is 0 Å². The molecule has 0 fully saturated rings. The molecule has 3 aromatic rings. The van der Waals surface area contributed by atoms with E-state index in [1.165, 1.54) is 34.8 Å². The lowest BCUT2D eigenvalue weighted by Gasteiger charge is -2.26. The van der Waals surface area contributed by atoms with Crippen molar-refractivity contribution < 1.29 is 19.1 Å². The van der Waals surface area contributed by atoms with Gasteiger partial charge in [0.05, 0.1) is 11.6 Å². The summed E-state index contributed by atoms with van der Waals surface area (Å²) < 4.78 is 13.2. The highest BCUT2D eigenvalue weighted by Gasteiger charge is 2.34. The smallest absolute Gasteiger partial charge is 0.313 e. The molecule has 1 aromatic carbocycles. The van der Waals surface area contributed by atoms with Crippen LogP contribution in [0.15, 0.2) is 52.5 Å². The average molecular weight is 425 g/mol. The maximum atomic E-state index is 13.2. The molecule has 3 N–H and O–H groups in total. The van der Waals surface area contributed by atoms with Crippen molar-refractivity contribution >= 4 is 51.8 Å². The number of aliphatic hydroxyl groups is 1. The number of carbonyl (C=O) groups is 2. The van der Waals surface area contributed by atoms with Crippen molar-refractivity contribution in [1.82, 2.24) is 5.32 Å². The van der Waals surface area contributed by atoms with E-state index in [0.29, 0.717) is 10.4 Å². The van der Waals surface area contributed by atoms with Crippen molar-refractivity contribution in [3.8, 4) is 0 Å². The normalized spacial score (nSPS) is 13.0. The van der Waals surface area contributed by atoms with Gasteiger partial charge in [-0.25, -0.2) is 4.39 Å². The first-order valence-electron chi connectivity index (χ1n) is 7.73. The highest BCUT2D eigenvalue weighted by Crippen LogP contribution is 2.33. The number of carbonyl (C=O) groups excluding carboxylic acids is 2. The zero-order valence-electron chi connectivity index (χ0n) is 13.7. The second kappa shape index (κ2) is 8.18. The van der Waals surface area contributed by atoms with Crippen molar-refractivity contribution in [3.63, 3.8) is 0 Å². The monoisotopic (exact) mass is 424 g/mol. The van der Waals surface area contributed by atoms with Gasteiger partial charge in [-0.3, -0.25) is 9.59 Å². The standard InChI is InChI=1S/C18H14ClFN2O3S2/c19-13-8-12(3-4-14(13)20)22-17(24)16(23)21-10-18(25,11-5-7-26-9-11)15-2-1-6-27-15/h1-9,25H,10H2,(H,21,23)(H,22,24). The number of benzene rings is 1. The second-order valence-electron chi connectivity index (χ2n) is 5.62. The van der Waals surface area contributed by atoms with E-state index >= 15 is 0 Å². The maximum Gasteiger partial charge on any atom is 0.313 e. The molecule has 0 saturated heterocycles. The fourth-order valence-electron chi connectivity index (χ4n) is 2.40. The minimum atomic E-state index is -1.44. The predicted molar refractivity (Wildman–Crippen MR) is 105 cm³/mol. The van der Waals surface area contributed by atoms with Crippen molar-refractivity contribution in [2.24, 2.45) is 0 Å². The lowest BCUT2D eigenvalue weighted by atomic mass is 9.94. The summed E-state index contributed by atoms with van der Waals surface area (Å²) in [5.74, 6) is -2.51. The zero-order chi connectivity index (χ0) is 19.4. The summed E-state index contributed by atoms with van der Waals surface area (Å²) in [7, 11) is 0. The van der Waals surface area contributed by atoms with Crippen molar-refractivity contribution in [2.75, 3.05) is 11.9 Å². The topological polar surface area (TPSA) is 78.4 Å². The zero-order valence-corrected chi connectivity index (χ0v) is 16.1. The van der Waals surface area contributed by atoms with E-state index in [9.17, 15) is 19.1 Å². The lowest BCUT2D eigenvalue weighted by Crippen LogP contribution is -2.44. The molecule has 0 radical (unpaired) electrons. The molecule has 0 aliphatic carbocycles. The number of halogens is 2. The Bertz CT molecular complexity index is 911. The van der Waals surface area contributed by atoms with Crippen LogP contribution in [-0.2, 0) is 15.2 Å². The number of anilines is 1. The fourth-order valence-corrected chi connectivity index (χ4v) is 4.15. The van der Waals surface area contributed by atoms with Crippen molar-refractivity contribution in [3.05, 3.63) is 73.8 Å². The van der Waals surface area contributed by atoms with Crippen molar-refractivity contribution in [1.29, 1.82) is 0 Å². The van der Waals surface area contributed by atoms with Crippen LogP contribution in [0, 0.1) is 5.82 Å². The van der Waals surface area contributed by atoms with Crippen molar-refractivity contribution in [2.45, 2.75) is 5.60 Å². The first kappa shape index (κ1) is 19.5. The number of thiophene rings is 2. The molecule has 1 atom stereocenters. The summed E-state index contributed by atoms with van der Waals surface area (Å²) in [6.07, 6.45) is 0. The van der Waals surface area contributed by atoms with Gasteiger partial charge in [0.15, 0.2) is 0 Å². The van der Waals surface area contributed by atoms with Gasteiger partial charge < -0.3 is 15.7 Å². The fraction of sp³-hybridized carbons (Fsp3) is 0.111. The first-order valence-corrected chi connectivity index (χ1v) is 9.93. The Morgan fingerprint density at radius 3 is 2.63 bits per heavy atom. The molecule has 0 bridgehead atoms. The van der Waals surface area contributed by atoms with Crippen LogP contribution in [0.25, 0.3) is 0 Å². The van der Waals surface area contributed by atoms with Gasteiger partial charge in [-0.15, -0.1) is 11.3 Å². The van der Waals surface area contributed by atoms with Gasteiger partial charge in [0.2, 0.25) is 0 Å². The number of amides is 2. The third-order valence-corrected chi connectivity index (χ3v) is 5.81. The Morgan fingerprint density at radius 1 is 1.19 bits per heavy atom. The Labute approximate surface area is 167 Å². The SMILES string of the molecule is O=C(NCC(O)(c1ccsc1)c1cccs1)C(=O)Nc1ccc(F)c(Cl)c1. The van der Waals surface area contributed by atoms with Crippen LogP contribution < -0.4 is 10.6 Å². The molecule has 3 rings (SSSR count). The quantitative estimate of drug-likeness (QED) is 0.548. The number of nitrogens with one attached hydrogen (secondary N) is 2. The third kappa shape index (κ3) is 4.36. The molecule has 0 aliphatic rings. The molecule has 5 nitrogen and oxygen atoms in total.